The van der Waals surface area contributed by atoms with Gasteiger partial charge in [0, 0.05) is 11.1 Å². The summed E-state index contributed by atoms with van der Waals surface area (Å²) in [6, 6.07) is 24.5. The highest BCUT2D eigenvalue weighted by Gasteiger charge is 2.30. The SMILES string of the molecule is C=C(C)c1cccc(C(C)(C)NC(=O)NC(C)(C)COC(C)(C)c2ccc(C(=O)c3ccccc3)cc2)c1. The van der Waals surface area contributed by atoms with Gasteiger partial charge in [0.25, 0.3) is 0 Å². The first kappa shape index (κ1) is 28.9. The smallest absolute Gasteiger partial charge is 0.315 e. The van der Waals surface area contributed by atoms with Gasteiger partial charge < -0.3 is 15.4 Å². The number of nitrogens with one attached hydrogen (secondary N) is 2. The molecule has 0 atom stereocenters. The maximum atomic E-state index is 13.0. The summed E-state index contributed by atoms with van der Waals surface area (Å²) in [7, 11) is 0. The maximum Gasteiger partial charge on any atom is 0.315 e. The van der Waals surface area contributed by atoms with E-state index in [0.29, 0.717) is 17.7 Å². The number of amides is 2. The highest BCUT2D eigenvalue weighted by Crippen LogP contribution is 2.27. The molecule has 3 rings (SSSR count). The van der Waals surface area contributed by atoms with E-state index in [0.717, 1.165) is 22.3 Å². The van der Waals surface area contributed by atoms with Crippen molar-refractivity contribution in [3.8, 4) is 0 Å². The first-order chi connectivity index (χ1) is 17.7. The first-order valence-electron chi connectivity index (χ1n) is 12.9. The molecule has 200 valence electrons. The quantitative estimate of drug-likeness (QED) is 0.282. The minimum atomic E-state index is -0.625. The number of carbonyl (C=O) groups is 2. The normalized spacial score (nSPS) is 12.1. The van der Waals surface area contributed by atoms with Gasteiger partial charge in [-0.05, 0) is 71.2 Å². The summed E-state index contributed by atoms with van der Waals surface area (Å²) in [6.45, 7) is 18.0. The van der Waals surface area contributed by atoms with E-state index in [-0.39, 0.29) is 11.8 Å². The molecule has 0 unspecified atom stereocenters. The third kappa shape index (κ3) is 7.42. The second-order valence-corrected chi connectivity index (χ2v) is 11.5. The van der Waals surface area contributed by atoms with E-state index in [4.69, 9.17) is 4.74 Å². The number of benzene rings is 3. The maximum absolute atomic E-state index is 13.0. The lowest BCUT2D eigenvalue weighted by Crippen LogP contribution is -2.55. The number of hydrogen-bond donors (Lipinski definition) is 2. The summed E-state index contributed by atoms with van der Waals surface area (Å²) in [6.07, 6.45) is 0. The Morgan fingerprint density at radius 3 is 1.92 bits per heavy atom. The lowest BCUT2D eigenvalue weighted by Gasteiger charge is -2.34. The van der Waals surface area contributed by atoms with E-state index in [2.05, 4.69) is 23.3 Å². The van der Waals surface area contributed by atoms with Gasteiger partial charge in [-0.1, -0.05) is 84.9 Å². The van der Waals surface area contributed by atoms with Crippen molar-refractivity contribution in [1.82, 2.24) is 10.6 Å². The van der Waals surface area contributed by atoms with Crippen molar-refractivity contribution in [2.45, 2.75) is 65.1 Å². The summed E-state index contributed by atoms with van der Waals surface area (Å²) in [5.74, 6) is -0.0125. The molecular weight excluding hydrogens is 472 g/mol. The van der Waals surface area contributed by atoms with Crippen LogP contribution >= 0.6 is 0 Å². The fraction of sp³-hybridized carbons (Fsp3) is 0.333. The van der Waals surface area contributed by atoms with Gasteiger partial charge in [-0.15, -0.1) is 0 Å². The van der Waals surface area contributed by atoms with Crippen LogP contribution in [0.15, 0.2) is 85.4 Å². The zero-order valence-electron chi connectivity index (χ0n) is 23.6. The Morgan fingerprint density at radius 2 is 1.32 bits per heavy atom. The van der Waals surface area contributed by atoms with Crippen molar-refractivity contribution in [2.24, 2.45) is 0 Å². The average Bonchev–Trinajstić information content (AvgIpc) is 2.87. The molecule has 0 fully saturated rings. The molecule has 0 saturated carbocycles. The number of carbonyl (C=O) groups excluding carboxylic acids is 2. The molecule has 5 nitrogen and oxygen atoms in total. The van der Waals surface area contributed by atoms with Crippen molar-refractivity contribution < 1.29 is 14.3 Å². The van der Waals surface area contributed by atoms with E-state index in [1.807, 2.05) is 121 Å². The molecule has 0 heterocycles. The summed E-state index contributed by atoms with van der Waals surface area (Å²) >= 11 is 0. The molecule has 0 aromatic heterocycles. The van der Waals surface area contributed by atoms with Gasteiger partial charge in [-0.25, -0.2) is 4.79 Å². The van der Waals surface area contributed by atoms with E-state index in [9.17, 15) is 9.59 Å². The molecule has 3 aromatic rings. The monoisotopic (exact) mass is 512 g/mol. The Hall–Kier alpha value is -3.70. The van der Waals surface area contributed by atoms with Crippen LogP contribution in [-0.4, -0.2) is 24.0 Å². The van der Waals surface area contributed by atoms with Crippen LogP contribution in [0.3, 0.4) is 0 Å². The summed E-state index contributed by atoms with van der Waals surface area (Å²) in [5.41, 5.74) is 3.44. The molecule has 3 aromatic carbocycles. The largest absolute Gasteiger partial charge is 0.368 e. The van der Waals surface area contributed by atoms with Crippen LogP contribution in [0.25, 0.3) is 5.57 Å². The predicted molar refractivity (Wildman–Crippen MR) is 155 cm³/mol. The van der Waals surface area contributed by atoms with Gasteiger partial charge in [-0.2, -0.15) is 0 Å². The highest BCUT2D eigenvalue weighted by atomic mass is 16.5. The Kier molecular flexibility index (Phi) is 8.63. The van der Waals surface area contributed by atoms with E-state index in [1.54, 1.807) is 0 Å². The zero-order valence-corrected chi connectivity index (χ0v) is 23.6. The Bertz CT molecular complexity index is 1290. The van der Waals surface area contributed by atoms with Gasteiger partial charge in [0.1, 0.15) is 0 Å². The first-order valence-corrected chi connectivity index (χ1v) is 12.9. The molecule has 0 saturated heterocycles. The lowest BCUT2D eigenvalue weighted by atomic mass is 9.91. The topological polar surface area (TPSA) is 67.4 Å². The fourth-order valence-electron chi connectivity index (χ4n) is 4.13. The van der Waals surface area contributed by atoms with E-state index in [1.165, 1.54) is 0 Å². The molecule has 0 aliphatic carbocycles. The van der Waals surface area contributed by atoms with Gasteiger partial charge >= 0.3 is 6.03 Å². The summed E-state index contributed by atoms with van der Waals surface area (Å²) in [5, 5.41) is 6.14. The Morgan fingerprint density at radius 1 is 0.737 bits per heavy atom. The number of ketones is 1. The van der Waals surface area contributed by atoms with Crippen LogP contribution in [-0.2, 0) is 15.9 Å². The molecule has 0 aliphatic rings. The van der Waals surface area contributed by atoms with Crippen LogP contribution in [0, 0.1) is 0 Å². The Labute approximate surface area is 227 Å². The molecule has 2 N–H and O–H groups in total. The summed E-state index contributed by atoms with van der Waals surface area (Å²) < 4.78 is 6.29. The molecule has 0 bridgehead atoms. The van der Waals surface area contributed by atoms with Gasteiger partial charge in [0.15, 0.2) is 5.78 Å². The lowest BCUT2D eigenvalue weighted by molar-refractivity contribution is -0.0448. The Balaban J connectivity index is 1.60. The van der Waals surface area contributed by atoms with Crippen LogP contribution < -0.4 is 10.6 Å². The minimum Gasteiger partial charge on any atom is -0.368 e. The number of hydrogen-bond acceptors (Lipinski definition) is 3. The molecular formula is C33H40N2O3. The third-order valence-corrected chi connectivity index (χ3v) is 6.63. The number of urea groups is 1. The highest BCUT2D eigenvalue weighted by molar-refractivity contribution is 6.08. The molecule has 0 spiro atoms. The second-order valence-electron chi connectivity index (χ2n) is 11.5. The molecule has 0 aliphatic heterocycles. The van der Waals surface area contributed by atoms with E-state index < -0.39 is 16.7 Å². The van der Waals surface area contributed by atoms with Crippen molar-refractivity contribution in [3.05, 3.63) is 113 Å². The molecule has 0 radical (unpaired) electrons. The third-order valence-electron chi connectivity index (χ3n) is 6.63. The standard InChI is InChI=1S/C33H40N2O3/c1-23(2)26-15-12-16-28(21-26)32(5,6)35-30(37)34-31(3,4)22-38-33(7,8)27-19-17-25(18-20-27)29(36)24-13-10-9-11-14-24/h9-21H,1,22H2,2-8H3,(H2,34,35,37). The van der Waals surface area contributed by atoms with Crippen LogP contribution in [0.1, 0.15) is 81.1 Å². The van der Waals surface area contributed by atoms with Crippen molar-refractivity contribution in [1.29, 1.82) is 0 Å². The second kappa shape index (κ2) is 11.4. The zero-order chi connectivity index (χ0) is 28.1. The van der Waals surface area contributed by atoms with Crippen LogP contribution in [0.2, 0.25) is 0 Å². The van der Waals surface area contributed by atoms with Gasteiger partial charge in [-0.3, -0.25) is 4.79 Å². The summed E-state index contributed by atoms with van der Waals surface area (Å²) in [4.78, 5) is 25.7. The molecule has 38 heavy (non-hydrogen) atoms. The predicted octanol–water partition coefficient (Wildman–Crippen LogP) is 7.22. The van der Waals surface area contributed by atoms with Crippen molar-refractivity contribution in [3.63, 3.8) is 0 Å². The fourth-order valence-corrected chi connectivity index (χ4v) is 4.13. The van der Waals surface area contributed by atoms with Gasteiger partial charge in [0.2, 0.25) is 0 Å². The van der Waals surface area contributed by atoms with E-state index >= 15 is 0 Å². The number of allylic oxidation sites excluding steroid dienone is 1. The van der Waals surface area contributed by atoms with Crippen molar-refractivity contribution in [2.75, 3.05) is 6.61 Å². The number of rotatable bonds is 10. The minimum absolute atomic E-state index is 0.0125. The average molecular weight is 513 g/mol. The van der Waals surface area contributed by atoms with Gasteiger partial charge in [0.05, 0.1) is 23.3 Å². The van der Waals surface area contributed by atoms with Crippen LogP contribution in [0.4, 0.5) is 4.79 Å². The number of ether oxygens (including phenoxy) is 1. The van der Waals surface area contributed by atoms with Crippen molar-refractivity contribution >= 4 is 17.4 Å². The molecule has 5 heteroatoms. The van der Waals surface area contributed by atoms with Crippen LogP contribution in [0.5, 0.6) is 0 Å². The molecule has 2 amide bonds.